The van der Waals surface area contributed by atoms with Crippen LogP contribution >= 0.6 is 0 Å². The molecule has 5 heteroatoms. The molecule has 0 aliphatic carbocycles. The first kappa shape index (κ1) is 21.4. The van der Waals surface area contributed by atoms with Crippen LogP contribution in [0.15, 0.2) is 54.6 Å². The molecule has 4 rings (SSSR count). The highest BCUT2D eigenvalue weighted by molar-refractivity contribution is 5.94. The number of nitrogens with zero attached hydrogens (tertiary/aromatic N) is 2. The topological polar surface area (TPSA) is 49.9 Å². The van der Waals surface area contributed by atoms with Crippen LogP contribution in [0.3, 0.4) is 0 Å². The monoisotopic (exact) mass is 420 g/mol. The fraction of sp³-hybridized carbons (Fsp3) is 0.462. The molecule has 5 nitrogen and oxygen atoms in total. The molecule has 0 aromatic heterocycles. The number of hydrogen-bond donors (Lipinski definition) is 0. The van der Waals surface area contributed by atoms with Gasteiger partial charge in [0.25, 0.3) is 5.91 Å². The minimum atomic E-state index is 0.0910. The molecule has 2 fully saturated rings. The average Bonchev–Trinajstić information content (AvgIpc) is 2.95. The maximum absolute atomic E-state index is 12.9. The van der Waals surface area contributed by atoms with Crippen molar-refractivity contribution in [1.82, 2.24) is 9.80 Å². The summed E-state index contributed by atoms with van der Waals surface area (Å²) < 4.78 is 5.47. The molecule has 0 radical (unpaired) electrons. The maximum Gasteiger partial charge on any atom is 0.253 e. The summed E-state index contributed by atoms with van der Waals surface area (Å²) in [6.45, 7) is 5.59. The zero-order valence-electron chi connectivity index (χ0n) is 18.4. The van der Waals surface area contributed by atoms with Gasteiger partial charge >= 0.3 is 0 Å². The molecule has 2 heterocycles. The maximum atomic E-state index is 12.9. The van der Waals surface area contributed by atoms with Gasteiger partial charge in [0.15, 0.2) is 0 Å². The quantitative estimate of drug-likeness (QED) is 0.715. The van der Waals surface area contributed by atoms with Crippen LogP contribution in [0.25, 0.3) is 0 Å². The average molecular weight is 421 g/mol. The molecule has 2 saturated heterocycles. The molecule has 2 aliphatic heterocycles. The van der Waals surface area contributed by atoms with Gasteiger partial charge in [-0.2, -0.15) is 0 Å². The van der Waals surface area contributed by atoms with Gasteiger partial charge in [0.05, 0.1) is 6.61 Å². The van der Waals surface area contributed by atoms with Gasteiger partial charge in [0.1, 0.15) is 5.75 Å². The third-order valence-corrected chi connectivity index (χ3v) is 6.87. The van der Waals surface area contributed by atoms with Gasteiger partial charge in [0.2, 0.25) is 5.91 Å². The molecular weight excluding hydrogens is 388 g/mol. The number of benzene rings is 2. The molecule has 2 aliphatic rings. The lowest BCUT2D eigenvalue weighted by atomic mass is 9.73. The number of piperidine rings is 1. The second-order valence-corrected chi connectivity index (χ2v) is 8.80. The van der Waals surface area contributed by atoms with E-state index in [0.29, 0.717) is 25.1 Å². The second kappa shape index (κ2) is 9.54. The summed E-state index contributed by atoms with van der Waals surface area (Å²) in [5, 5.41) is 0. The zero-order valence-corrected chi connectivity index (χ0v) is 18.4. The molecule has 2 amide bonds. The van der Waals surface area contributed by atoms with Crippen LogP contribution in [0.2, 0.25) is 0 Å². The number of amides is 2. The lowest BCUT2D eigenvalue weighted by Crippen LogP contribution is -2.43. The molecule has 0 bridgehead atoms. The van der Waals surface area contributed by atoms with Crippen molar-refractivity contribution in [3.63, 3.8) is 0 Å². The highest BCUT2D eigenvalue weighted by Crippen LogP contribution is 2.42. The number of rotatable bonds is 5. The van der Waals surface area contributed by atoms with Gasteiger partial charge in [0, 0.05) is 38.2 Å². The summed E-state index contributed by atoms with van der Waals surface area (Å²) >= 11 is 0. The number of carbonyl (C=O) groups excluding carboxylic acids is 2. The Labute approximate surface area is 185 Å². The molecule has 0 atom stereocenters. The van der Waals surface area contributed by atoms with Crippen LogP contribution in [0.1, 0.15) is 54.9 Å². The van der Waals surface area contributed by atoms with Crippen molar-refractivity contribution in [2.24, 2.45) is 5.41 Å². The first-order chi connectivity index (χ1) is 15.1. The van der Waals surface area contributed by atoms with E-state index in [2.05, 4.69) is 12.1 Å². The number of hydrogen-bond acceptors (Lipinski definition) is 3. The smallest absolute Gasteiger partial charge is 0.253 e. The van der Waals surface area contributed by atoms with Crippen LogP contribution in [0.4, 0.5) is 0 Å². The Morgan fingerprint density at radius 2 is 1.61 bits per heavy atom. The Hall–Kier alpha value is -2.82. The summed E-state index contributed by atoms with van der Waals surface area (Å²) in [6.07, 6.45) is 4.52. The fourth-order valence-electron chi connectivity index (χ4n) is 4.85. The third-order valence-electron chi connectivity index (χ3n) is 6.87. The van der Waals surface area contributed by atoms with Crippen molar-refractivity contribution >= 4 is 11.8 Å². The summed E-state index contributed by atoms with van der Waals surface area (Å²) in [5.41, 5.74) is 2.07. The molecule has 0 saturated carbocycles. The molecule has 2 aromatic carbocycles. The fourth-order valence-corrected chi connectivity index (χ4v) is 4.85. The predicted molar refractivity (Wildman–Crippen MR) is 121 cm³/mol. The zero-order chi connectivity index (χ0) is 21.7. The predicted octanol–water partition coefficient (Wildman–Crippen LogP) is 4.52. The molecule has 2 aromatic rings. The van der Waals surface area contributed by atoms with Crippen molar-refractivity contribution in [2.75, 3.05) is 26.2 Å². The van der Waals surface area contributed by atoms with E-state index in [1.807, 2.05) is 59.2 Å². The minimum Gasteiger partial charge on any atom is -0.494 e. The van der Waals surface area contributed by atoms with E-state index < -0.39 is 0 Å². The lowest BCUT2D eigenvalue weighted by molar-refractivity contribution is -0.131. The van der Waals surface area contributed by atoms with Gasteiger partial charge < -0.3 is 14.5 Å². The van der Waals surface area contributed by atoms with Gasteiger partial charge in [-0.25, -0.2) is 0 Å². The van der Waals surface area contributed by atoms with E-state index >= 15 is 0 Å². The molecule has 0 N–H and O–H groups in total. The molecule has 164 valence electrons. The number of ether oxygens (including phenoxy) is 1. The minimum absolute atomic E-state index is 0.0910. The highest BCUT2D eigenvalue weighted by atomic mass is 16.5. The van der Waals surface area contributed by atoms with E-state index in [1.54, 1.807) is 0 Å². The molecule has 1 spiro atoms. The van der Waals surface area contributed by atoms with Gasteiger partial charge in [-0.15, -0.1) is 0 Å². The van der Waals surface area contributed by atoms with Crippen molar-refractivity contribution in [1.29, 1.82) is 0 Å². The second-order valence-electron chi connectivity index (χ2n) is 8.80. The van der Waals surface area contributed by atoms with E-state index in [4.69, 9.17) is 4.74 Å². The summed E-state index contributed by atoms with van der Waals surface area (Å²) in [5.74, 6) is 1.14. The Morgan fingerprint density at radius 3 is 2.29 bits per heavy atom. The van der Waals surface area contributed by atoms with Crippen molar-refractivity contribution in [3.8, 4) is 5.75 Å². The summed E-state index contributed by atoms with van der Waals surface area (Å²) in [4.78, 5) is 29.6. The van der Waals surface area contributed by atoms with Gasteiger partial charge in [-0.05, 0) is 67.9 Å². The van der Waals surface area contributed by atoms with Crippen LogP contribution in [0, 0.1) is 5.41 Å². The normalized spacial score (nSPS) is 18.7. The Morgan fingerprint density at radius 1 is 0.935 bits per heavy atom. The van der Waals surface area contributed by atoms with Crippen molar-refractivity contribution < 1.29 is 14.3 Å². The molecule has 31 heavy (non-hydrogen) atoms. The summed E-state index contributed by atoms with van der Waals surface area (Å²) in [7, 11) is 0. The Balaban J connectivity index is 1.34. The van der Waals surface area contributed by atoms with Crippen LogP contribution in [-0.2, 0) is 11.3 Å². The lowest BCUT2D eigenvalue weighted by Gasteiger charge is -2.41. The summed E-state index contributed by atoms with van der Waals surface area (Å²) in [6, 6.07) is 17.6. The van der Waals surface area contributed by atoms with E-state index in [-0.39, 0.29) is 17.2 Å². The van der Waals surface area contributed by atoms with E-state index in [0.717, 1.165) is 51.1 Å². The van der Waals surface area contributed by atoms with Gasteiger partial charge in [-0.1, -0.05) is 30.3 Å². The SMILES string of the molecule is CCOc1ccc(C(=O)N2CCC3(CCC(=O)N(Cc4ccccc4)CC3)CC2)cc1. The van der Waals surface area contributed by atoms with E-state index in [1.165, 1.54) is 5.56 Å². The highest BCUT2D eigenvalue weighted by Gasteiger charge is 2.39. The standard InChI is InChI=1S/C26H32N2O3/c1-2-31-23-10-8-22(9-11-23)25(30)27-17-14-26(15-18-27)13-12-24(29)28(19-16-26)20-21-6-4-3-5-7-21/h3-11H,2,12-20H2,1H3. The van der Waals surface area contributed by atoms with Crippen molar-refractivity contribution in [3.05, 3.63) is 65.7 Å². The van der Waals surface area contributed by atoms with Crippen LogP contribution < -0.4 is 4.74 Å². The first-order valence-corrected chi connectivity index (χ1v) is 11.4. The Kier molecular flexibility index (Phi) is 6.59. The molecule has 0 unspecified atom stereocenters. The largest absolute Gasteiger partial charge is 0.494 e. The van der Waals surface area contributed by atoms with Gasteiger partial charge in [-0.3, -0.25) is 9.59 Å². The van der Waals surface area contributed by atoms with Crippen LogP contribution in [0.5, 0.6) is 5.75 Å². The Bertz CT molecular complexity index is 887. The van der Waals surface area contributed by atoms with Crippen LogP contribution in [-0.4, -0.2) is 47.9 Å². The number of carbonyl (C=O) groups is 2. The number of likely N-dealkylation sites (tertiary alicyclic amines) is 2. The van der Waals surface area contributed by atoms with E-state index in [9.17, 15) is 9.59 Å². The molecular formula is C26H32N2O3. The third kappa shape index (κ3) is 5.09. The first-order valence-electron chi connectivity index (χ1n) is 11.4. The van der Waals surface area contributed by atoms with Crippen molar-refractivity contribution in [2.45, 2.75) is 45.6 Å².